The molecule has 1 aromatic rings. The van der Waals surface area contributed by atoms with E-state index < -0.39 is 59.4 Å². The summed E-state index contributed by atoms with van der Waals surface area (Å²) in [4.78, 5) is 0.536. The largest absolute Gasteiger partial charge is 0.418 e. The number of anilines is 1. The van der Waals surface area contributed by atoms with E-state index in [4.69, 9.17) is 10.00 Å². The van der Waals surface area contributed by atoms with Crippen molar-refractivity contribution in [3.63, 3.8) is 0 Å². The number of nitrogens with zero attached hydrogens (tertiary/aromatic N) is 2. The molecule has 1 aliphatic rings. The molecule has 2 rings (SSSR count). The first-order valence-corrected chi connectivity index (χ1v) is 7.28. The molecule has 1 heterocycles. The van der Waals surface area contributed by atoms with E-state index in [0.717, 1.165) is 26.0 Å². The average molecular weight is 384 g/mol. The molecule has 0 saturated carbocycles. The average Bonchev–Trinajstić information content (AvgIpc) is 2.77. The number of nitriles is 1. The van der Waals surface area contributed by atoms with Gasteiger partial charge in [0.2, 0.25) is 6.41 Å². The molecule has 2 N–H and O–H groups in total. The molecule has 4 atom stereocenters. The third-order valence-electron chi connectivity index (χ3n) is 4.15. The van der Waals surface area contributed by atoms with E-state index in [1.54, 1.807) is 0 Å². The first-order chi connectivity index (χ1) is 11.8. The van der Waals surface area contributed by atoms with Crippen molar-refractivity contribution in [2.24, 2.45) is 0 Å². The zero-order valence-corrected chi connectivity index (χ0v) is 13.4. The maximum absolute atomic E-state index is 13.3. The molecule has 144 valence electrons. The van der Waals surface area contributed by atoms with Crippen LogP contribution in [0.25, 0.3) is 0 Å². The molecule has 0 amide bonds. The zero-order chi connectivity index (χ0) is 20.0. The summed E-state index contributed by atoms with van der Waals surface area (Å²) in [6.07, 6.45) is -16.3. The second-order valence-electron chi connectivity index (χ2n) is 5.79. The van der Waals surface area contributed by atoms with Crippen LogP contribution in [-0.4, -0.2) is 41.1 Å². The van der Waals surface area contributed by atoms with Crippen molar-refractivity contribution in [2.75, 3.05) is 4.90 Å². The van der Waals surface area contributed by atoms with Gasteiger partial charge in [0.05, 0.1) is 29.3 Å². The van der Waals surface area contributed by atoms with Gasteiger partial charge in [0.25, 0.3) is 0 Å². The predicted octanol–water partition coefficient (Wildman–Crippen LogP) is 2.68. The molecule has 26 heavy (non-hydrogen) atoms. The fraction of sp³-hybridized carbons (Fsp3) is 0.533. The number of benzene rings is 1. The van der Waals surface area contributed by atoms with E-state index in [1.807, 2.05) is 0 Å². The maximum atomic E-state index is 13.3. The molecule has 5 nitrogen and oxygen atoms in total. The number of aliphatic hydroxyl groups excluding tert-OH is 2. The summed E-state index contributed by atoms with van der Waals surface area (Å²) in [6, 6.07) is 1.27. The van der Waals surface area contributed by atoms with Crippen LogP contribution in [0.4, 0.5) is 32.0 Å². The van der Waals surface area contributed by atoms with Gasteiger partial charge in [-0.15, -0.1) is 0 Å². The fourth-order valence-electron chi connectivity index (χ4n) is 3.03. The highest BCUT2D eigenvalue weighted by Gasteiger charge is 2.54. The molecule has 1 fully saturated rings. The summed E-state index contributed by atoms with van der Waals surface area (Å²) in [5.74, 6) is 0. The van der Waals surface area contributed by atoms with Gasteiger partial charge in [0.15, 0.2) is 6.10 Å². The summed E-state index contributed by atoms with van der Waals surface area (Å²) < 4.78 is 83.6. The van der Waals surface area contributed by atoms with Crippen molar-refractivity contribution in [1.29, 1.82) is 5.26 Å². The Labute approximate surface area is 144 Å². The smallest absolute Gasteiger partial charge is 0.382 e. The highest BCUT2D eigenvalue weighted by Crippen LogP contribution is 2.42. The van der Waals surface area contributed by atoms with Gasteiger partial charge >= 0.3 is 12.4 Å². The van der Waals surface area contributed by atoms with E-state index in [-0.39, 0.29) is 0 Å². The summed E-state index contributed by atoms with van der Waals surface area (Å²) in [6.45, 7) is 2.11. The van der Waals surface area contributed by atoms with Crippen molar-refractivity contribution in [3.8, 4) is 6.07 Å². The minimum Gasteiger partial charge on any atom is -0.382 e. The number of hydrogen-bond acceptors (Lipinski definition) is 5. The Morgan fingerprint density at radius 3 is 2.27 bits per heavy atom. The molecule has 11 heteroatoms. The summed E-state index contributed by atoms with van der Waals surface area (Å²) >= 11 is 0. The number of alkyl halides is 6. The van der Waals surface area contributed by atoms with Crippen LogP contribution in [0.5, 0.6) is 0 Å². The Bertz CT molecular complexity index is 728. The molecule has 1 aromatic carbocycles. The van der Waals surface area contributed by atoms with Crippen molar-refractivity contribution in [3.05, 3.63) is 28.8 Å². The van der Waals surface area contributed by atoms with Gasteiger partial charge in [-0.05, 0) is 31.5 Å². The van der Waals surface area contributed by atoms with Crippen LogP contribution in [0, 0.1) is 18.3 Å². The molecule has 0 spiro atoms. The molecule has 0 bridgehead atoms. The number of halogens is 6. The number of ether oxygens (including phenoxy) is 1. The minimum atomic E-state index is -5.09. The van der Waals surface area contributed by atoms with Crippen LogP contribution >= 0.6 is 0 Å². The van der Waals surface area contributed by atoms with E-state index in [0.29, 0.717) is 4.90 Å². The van der Waals surface area contributed by atoms with Gasteiger partial charge in [-0.3, -0.25) is 0 Å². The van der Waals surface area contributed by atoms with E-state index in [9.17, 15) is 36.6 Å². The molecular weight excluding hydrogens is 370 g/mol. The highest BCUT2D eigenvalue weighted by molar-refractivity contribution is 5.63. The Balaban J connectivity index is 2.64. The lowest BCUT2D eigenvalue weighted by Gasteiger charge is -2.34. The van der Waals surface area contributed by atoms with E-state index in [2.05, 4.69) is 0 Å². The summed E-state index contributed by atoms with van der Waals surface area (Å²) in [7, 11) is 0. The van der Waals surface area contributed by atoms with Gasteiger partial charge in [-0.2, -0.15) is 31.6 Å². The van der Waals surface area contributed by atoms with Crippen molar-refractivity contribution < 1.29 is 41.3 Å². The van der Waals surface area contributed by atoms with Crippen LogP contribution in [-0.2, 0) is 10.9 Å². The van der Waals surface area contributed by atoms with Crippen molar-refractivity contribution in [1.82, 2.24) is 0 Å². The van der Waals surface area contributed by atoms with Crippen LogP contribution in [0.1, 0.15) is 23.6 Å². The lowest BCUT2D eigenvalue weighted by atomic mass is 9.97. The highest BCUT2D eigenvalue weighted by atomic mass is 19.4. The van der Waals surface area contributed by atoms with Crippen LogP contribution < -0.4 is 4.90 Å². The normalized spacial score (nSPS) is 25.3. The summed E-state index contributed by atoms with van der Waals surface area (Å²) in [5, 5.41) is 28.4. The second-order valence-corrected chi connectivity index (χ2v) is 5.79. The molecule has 1 saturated heterocycles. The third kappa shape index (κ3) is 3.44. The first-order valence-electron chi connectivity index (χ1n) is 7.28. The molecular formula is C15H14F6N2O3. The van der Waals surface area contributed by atoms with Crippen molar-refractivity contribution in [2.45, 2.75) is 50.9 Å². The Kier molecular flexibility index (Phi) is 5.15. The standard InChI is InChI=1S/C15H14F6N2O3/c1-6-9(4-3-8(5-22)10(6)14(16,17)18)23-11(7(2)26-13(23)25)12(24)15(19,20)21/h3-4,7,11-13,24-25H,1-2H3/t7-,11+,12+,13?/m0/s1. The molecule has 1 unspecified atom stereocenters. The van der Waals surface area contributed by atoms with E-state index >= 15 is 0 Å². The molecule has 0 aromatic heterocycles. The summed E-state index contributed by atoms with van der Waals surface area (Å²) in [5.41, 5.74) is -3.03. The fourth-order valence-corrected chi connectivity index (χ4v) is 3.03. The Morgan fingerprint density at radius 2 is 1.81 bits per heavy atom. The molecule has 0 aliphatic carbocycles. The van der Waals surface area contributed by atoms with Crippen LogP contribution in [0.15, 0.2) is 12.1 Å². The van der Waals surface area contributed by atoms with Gasteiger partial charge in [0, 0.05) is 5.69 Å². The van der Waals surface area contributed by atoms with Crippen LogP contribution in [0.3, 0.4) is 0 Å². The number of hydrogen-bond donors (Lipinski definition) is 2. The zero-order valence-electron chi connectivity index (χ0n) is 13.4. The van der Waals surface area contributed by atoms with E-state index in [1.165, 1.54) is 6.07 Å². The van der Waals surface area contributed by atoms with Gasteiger partial charge < -0.3 is 19.8 Å². The van der Waals surface area contributed by atoms with Gasteiger partial charge in [-0.1, -0.05) is 0 Å². The van der Waals surface area contributed by atoms with Gasteiger partial charge in [0.1, 0.15) is 0 Å². The lowest BCUT2D eigenvalue weighted by Crippen LogP contribution is -2.52. The minimum absolute atomic E-state index is 0.429. The molecule has 0 radical (unpaired) electrons. The van der Waals surface area contributed by atoms with Crippen LogP contribution in [0.2, 0.25) is 0 Å². The SMILES string of the molecule is Cc1c(N2C(O)O[C@@H](C)[C@@H]2[C@@H](O)C(F)(F)F)ccc(C#N)c1C(F)(F)F. The number of rotatable bonds is 2. The quantitative estimate of drug-likeness (QED) is 0.767. The Hall–Kier alpha value is -2.03. The van der Waals surface area contributed by atoms with Crippen molar-refractivity contribution >= 4 is 5.69 Å². The first kappa shape index (κ1) is 20.3. The maximum Gasteiger partial charge on any atom is 0.418 e. The molecule has 1 aliphatic heterocycles. The lowest BCUT2D eigenvalue weighted by molar-refractivity contribution is -0.212. The third-order valence-corrected chi connectivity index (χ3v) is 4.15. The monoisotopic (exact) mass is 384 g/mol. The number of aliphatic hydroxyl groups is 2. The Morgan fingerprint density at radius 1 is 1.23 bits per heavy atom. The second kappa shape index (κ2) is 6.61. The predicted molar refractivity (Wildman–Crippen MR) is 75.8 cm³/mol. The van der Waals surface area contributed by atoms with Gasteiger partial charge in [-0.25, -0.2) is 0 Å². The topological polar surface area (TPSA) is 76.7 Å².